The number of aromatic amines is 1. The van der Waals surface area contributed by atoms with Crippen LogP contribution in [0.1, 0.15) is 32.0 Å². The number of rotatable bonds is 12. The molecular formula is C36H42N8O4. The topological polar surface area (TPSA) is 145 Å². The number of benzene rings is 2. The number of anilines is 4. The highest BCUT2D eigenvalue weighted by molar-refractivity contribution is 6.02. The highest BCUT2D eigenvalue weighted by Crippen LogP contribution is 2.40. The highest BCUT2D eigenvalue weighted by Gasteiger charge is 2.25. The van der Waals surface area contributed by atoms with E-state index in [0.717, 1.165) is 65.4 Å². The number of amides is 1. The maximum absolute atomic E-state index is 12.8. The van der Waals surface area contributed by atoms with Gasteiger partial charge in [-0.25, -0.2) is 15.0 Å². The van der Waals surface area contributed by atoms with Crippen molar-refractivity contribution in [3.63, 3.8) is 0 Å². The second-order valence-electron chi connectivity index (χ2n) is 12.0. The molecule has 4 heterocycles. The van der Waals surface area contributed by atoms with Crippen LogP contribution in [0.5, 0.6) is 5.75 Å². The molecule has 0 atom stereocenters. The number of methoxy groups -OCH3 is 1. The first kappa shape index (κ1) is 32.7. The molecule has 0 unspecified atom stereocenters. The third-order valence-electron chi connectivity index (χ3n) is 8.64. The quantitative estimate of drug-likeness (QED) is 0.119. The molecule has 12 heteroatoms. The summed E-state index contributed by atoms with van der Waals surface area (Å²) >= 11 is 0. The van der Waals surface area contributed by atoms with E-state index in [9.17, 15) is 9.90 Å². The number of aryl methyl sites for hydroxylation is 1. The molecule has 0 spiro atoms. The van der Waals surface area contributed by atoms with Crippen molar-refractivity contribution in [2.75, 3.05) is 56.4 Å². The van der Waals surface area contributed by atoms with Crippen LogP contribution in [0.2, 0.25) is 0 Å². The van der Waals surface area contributed by atoms with Crippen LogP contribution in [0.3, 0.4) is 0 Å². The number of hydrogen-bond acceptors (Lipinski definition) is 10. The van der Waals surface area contributed by atoms with E-state index in [1.165, 1.54) is 6.08 Å². The molecule has 48 heavy (non-hydrogen) atoms. The second kappa shape index (κ2) is 14.7. The zero-order chi connectivity index (χ0) is 33.6. The predicted octanol–water partition coefficient (Wildman–Crippen LogP) is 6.00. The summed E-state index contributed by atoms with van der Waals surface area (Å²) in [6.45, 7) is 3.59. The van der Waals surface area contributed by atoms with E-state index >= 15 is 0 Å². The number of H-pyrrole nitrogens is 1. The van der Waals surface area contributed by atoms with E-state index < -0.39 is 0 Å². The minimum absolute atomic E-state index is 0.0669. The summed E-state index contributed by atoms with van der Waals surface area (Å²) in [4.78, 5) is 35.0. The molecule has 0 radical (unpaired) electrons. The second-order valence-corrected chi connectivity index (χ2v) is 12.0. The van der Waals surface area contributed by atoms with Gasteiger partial charge < -0.3 is 39.7 Å². The van der Waals surface area contributed by atoms with Crippen molar-refractivity contribution >= 4 is 39.9 Å². The summed E-state index contributed by atoms with van der Waals surface area (Å²) < 4.78 is 11.5. The van der Waals surface area contributed by atoms with Crippen molar-refractivity contribution in [3.05, 3.63) is 72.9 Å². The molecule has 1 aliphatic heterocycles. The molecule has 250 valence electrons. The maximum Gasteiger partial charge on any atom is 0.248 e. The summed E-state index contributed by atoms with van der Waals surface area (Å²) in [6, 6.07) is 14.1. The highest BCUT2D eigenvalue weighted by atomic mass is 16.5. The Hall–Kier alpha value is -5.20. The Morgan fingerprint density at radius 3 is 2.73 bits per heavy atom. The lowest BCUT2D eigenvalue weighted by Crippen LogP contribution is -2.42. The summed E-state index contributed by atoms with van der Waals surface area (Å²) in [5, 5.41) is 16.8. The lowest BCUT2D eigenvalue weighted by molar-refractivity contribution is -0.111. The van der Waals surface area contributed by atoms with Crippen molar-refractivity contribution in [3.8, 4) is 28.4 Å². The lowest BCUT2D eigenvalue weighted by Gasteiger charge is -2.37. The summed E-state index contributed by atoms with van der Waals surface area (Å²) in [6.07, 6.45) is 9.77. The minimum Gasteiger partial charge on any atom is -0.494 e. The number of aliphatic hydroxyl groups is 1. The van der Waals surface area contributed by atoms with Crippen LogP contribution in [0.25, 0.3) is 33.6 Å². The monoisotopic (exact) mass is 650 g/mol. The first-order valence-electron chi connectivity index (χ1n) is 16.2. The van der Waals surface area contributed by atoms with E-state index in [0.29, 0.717) is 47.7 Å². The number of aliphatic hydroxyl groups excluding tert-OH is 1. The molecular weight excluding hydrogens is 608 g/mol. The van der Waals surface area contributed by atoms with Gasteiger partial charge in [0.2, 0.25) is 11.9 Å². The van der Waals surface area contributed by atoms with Crippen molar-refractivity contribution in [2.45, 2.75) is 38.6 Å². The fraction of sp³-hybridized carbons (Fsp3) is 0.333. The van der Waals surface area contributed by atoms with Gasteiger partial charge >= 0.3 is 0 Å². The van der Waals surface area contributed by atoms with Crippen molar-refractivity contribution in [1.29, 1.82) is 0 Å². The van der Waals surface area contributed by atoms with E-state index in [2.05, 4.69) is 44.5 Å². The Kier molecular flexibility index (Phi) is 10.0. The SMILES string of the molecule is C/C=C/C(=O)Nc1cc(Nc2nccc(-c3[nH]c(CCCO)nc3-c3ccc4ccoc4c3)n2)c(OC)cc1N1CCC(N(C)C)CC1. The molecule has 2 aromatic carbocycles. The van der Waals surface area contributed by atoms with Crippen molar-refractivity contribution < 1.29 is 19.1 Å². The molecule has 1 fully saturated rings. The average molecular weight is 651 g/mol. The van der Waals surface area contributed by atoms with Crippen LogP contribution < -0.4 is 20.3 Å². The van der Waals surface area contributed by atoms with Crippen LogP contribution >= 0.6 is 0 Å². The molecule has 0 bridgehead atoms. The Balaban J connectivity index is 1.34. The fourth-order valence-corrected chi connectivity index (χ4v) is 6.11. The predicted molar refractivity (Wildman–Crippen MR) is 189 cm³/mol. The van der Waals surface area contributed by atoms with Gasteiger partial charge in [-0.1, -0.05) is 18.2 Å². The van der Waals surface area contributed by atoms with Gasteiger partial charge in [-0.05, 0) is 70.6 Å². The molecule has 12 nitrogen and oxygen atoms in total. The van der Waals surface area contributed by atoms with Gasteiger partial charge in [-0.2, -0.15) is 0 Å². The molecule has 1 amide bonds. The van der Waals surface area contributed by atoms with E-state index in [-0.39, 0.29) is 12.5 Å². The zero-order valence-corrected chi connectivity index (χ0v) is 27.8. The largest absolute Gasteiger partial charge is 0.494 e. The van der Waals surface area contributed by atoms with Gasteiger partial charge in [0.15, 0.2) is 0 Å². The molecule has 5 aromatic rings. The van der Waals surface area contributed by atoms with E-state index in [1.54, 1.807) is 25.6 Å². The van der Waals surface area contributed by atoms with Gasteiger partial charge in [0.25, 0.3) is 0 Å². The van der Waals surface area contributed by atoms with Crippen LogP contribution in [0, 0.1) is 0 Å². The summed E-state index contributed by atoms with van der Waals surface area (Å²) in [5.74, 6) is 1.47. The lowest BCUT2D eigenvalue weighted by atomic mass is 10.0. The number of furan rings is 1. The number of aromatic nitrogens is 4. The number of piperidine rings is 1. The van der Waals surface area contributed by atoms with Gasteiger partial charge in [0.05, 0.1) is 47.5 Å². The molecule has 0 aliphatic carbocycles. The fourth-order valence-electron chi connectivity index (χ4n) is 6.11. The number of ether oxygens (including phenoxy) is 1. The Morgan fingerprint density at radius 2 is 1.98 bits per heavy atom. The number of allylic oxidation sites excluding steroid dienone is 1. The first-order valence-corrected chi connectivity index (χ1v) is 16.2. The first-order chi connectivity index (χ1) is 23.4. The molecule has 4 N–H and O–H groups in total. The van der Waals surface area contributed by atoms with Crippen molar-refractivity contribution in [2.24, 2.45) is 0 Å². The van der Waals surface area contributed by atoms with E-state index in [1.807, 2.05) is 49.4 Å². The third kappa shape index (κ3) is 7.19. The van der Waals surface area contributed by atoms with E-state index in [4.69, 9.17) is 19.1 Å². The standard InChI is InChI=1S/C36H42N8O4/c1-5-7-33(46)38-27-21-28(31(47-4)22-29(27)44-16-12-25(13-17-44)43(2)3)40-36-37-15-11-26(39-36)35-34(41-32(42-35)8-6-18-45)24-10-9-23-14-19-48-30(23)20-24/h5,7,9-11,14-15,19-22,25,45H,6,8,12-13,16-18H2,1-4H3,(H,38,46)(H,41,42)(H,37,39,40)/b7-5+. The van der Waals surface area contributed by atoms with Crippen LogP contribution in [-0.4, -0.2) is 82.8 Å². The molecule has 3 aromatic heterocycles. The Bertz CT molecular complexity index is 1910. The molecule has 6 rings (SSSR count). The molecule has 0 saturated carbocycles. The molecule has 1 saturated heterocycles. The third-order valence-corrected chi connectivity index (χ3v) is 8.64. The normalized spacial score (nSPS) is 13.9. The number of hydrogen-bond donors (Lipinski definition) is 4. The van der Waals surface area contributed by atoms with Gasteiger partial charge in [-0.3, -0.25) is 4.79 Å². The Morgan fingerprint density at radius 1 is 1.15 bits per heavy atom. The number of carbonyl (C=O) groups is 1. The average Bonchev–Trinajstić information content (AvgIpc) is 3.75. The zero-order valence-electron chi connectivity index (χ0n) is 27.8. The van der Waals surface area contributed by atoms with Crippen LogP contribution in [0.4, 0.5) is 23.0 Å². The number of nitrogens with one attached hydrogen (secondary N) is 3. The van der Waals surface area contributed by atoms with Crippen LogP contribution in [0.15, 0.2) is 71.5 Å². The van der Waals surface area contributed by atoms with Crippen molar-refractivity contribution in [1.82, 2.24) is 24.8 Å². The summed E-state index contributed by atoms with van der Waals surface area (Å²) in [5.41, 5.74) is 5.88. The maximum atomic E-state index is 12.8. The smallest absolute Gasteiger partial charge is 0.248 e. The number of fused-ring (bicyclic) bond motifs is 1. The molecule has 1 aliphatic rings. The minimum atomic E-state index is -0.215. The van der Waals surface area contributed by atoms with Gasteiger partial charge in [-0.15, -0.1) is 0 Å². The van der Waals surface area contributed by atoms with Gasteiger partial charge in [0, 0.05) is 55.4 Å². The van der Waals surface area contributed by atoms with Crippen LogP contribution in [-0.2, 0) is 11.2 Å². The number of carbonyl (C=O) groups excluding carboxylic acids is 1. The summed E-state index contributed by atoms with van der Waals surface area (Å²) in [7, 11) is 5.86. The Labute approximate surface area is 279 Å². The number of nitrogens with zero attached hydrogens (tertiary/aromatic N) is 5. The number of imidazole rings is 1. The van der Waals surface area contributed by atoms with Gasteiger partial charge in [0.1, 0.15) is 17.2 Å².